The average molecular weight is 175 g/mol. The van der Waals surface area contributed by atoms with Crippen molar-refractivity contribution in [2.45, 2.75) is 6.42 Å². The number of aliphatic hydroxyl groups is 1. The Morgan fingerprint density at radius 2 is 2.27 bits per heavy atom. The van der Waals surface area contributed by atoms with E-state index in [0.717, 1.165) is 31.0 Å². The fraction of sp³-hybridized carbons (Fsp3) is 0.750. The molecule has 0 saturated heterocycles. The molecule has 11 heavy (non-hydrogen) atoms. The minimum atomic E-state index is 0.313. The third-order valence-electron chi connectivity index (χ3n) is 1.16. The van der Waals surface area contributed by atoms with Crippen LogP contribution in [-0.4, -0.2) is 36.3 Å². The highest BCUT2D eigenvalue weighted by Crippen LogP contribution is 1.99. The highest BCUT2D eigenvalue weighted by atomic mass is 32.2. The summed E-state index contributed by atoms with van der Waals surface area (Å²) in [7, 11) is 0. The molecule has 2 N–H and O–H groups in total. The van der Waals surface area contributed by atoms with Crippen molar-refractivity contribution in [3.8, 4) is 0 Å². The van der Waals surface area contributed by atoms with E-state index in [0.29, 0.717) is 6.61 Å². The van der Waals surface area contributed by atoms with Crippen molar-refractivity contribution in [1.82, 2.24) is 5.32 Å². The van der Waals surface area contributed by atoms with Gasteiger partial charge in [0.2, 0.25) is 0 Å². The summed E-state index contributed by atoms with van der Waals surface area (Å²) >= 11 is 1.87. The second kappa shape index (κ2) is 10.0. The van der Waals surface area contributed by atoms with Crippen LogP contribution < -0.4 is 5.32 Å². The van der Waals surface area contributed by atoms with Gasteiger partial charge in [-0.1, -0.05) is 6.08 Å². The monoisotopic (exact) mass is 175 g/mol. The Balaban J connectivity index is 2.74. The Labute approximate surface area is 73.1 Å². The molecule has 0 fully saturated rings. The van der Waals surface area contributed by atoms with Crippen LogP contribution in [0.25, 0.3) is 0 Å². The second-order valence-electron chi connectivity index (χ2n) is 2.18. The number of nitrogens with one attached hydrogen (secondary N) is 1. The van der Waals surface area contributed by atoms with Gasteiger partial charge in [-0.15, -0.1) is 6.58 Å². The zero-order valence-corrected chi connectivity index (χ0v) is 7.70. The lowest BCUT2D eigenvalue weighted by molar-refractivity contribution is 0.296. The van der Waals surface area contributed by atoms with Crippen LogP contribution in [0.1, 0.15) is 6.42 Å². The summed E-state index contributed by atoms with van der Waals surface area (Å²) < 4.78 is 0. The first kappa shape index (κ1) is 11.0. The van der Waals surface area contributed by atoms with Gasteiger partial charge in [0.15, 0.2) is 0 Å². The first-order valence-electron chi connectivity index (χ1n) is 3.92. The lowest BCUT2D eigenvalue weighted by atomic mass is 10.5. The molecule has 3 heteroatoms. The van der Waals surface area contributed by atoms with Crippen LogP contribution in [0.4, 0.5) is 0 Å². The van der Waals surface area contributed by atoms with Crippen LogP contribution in [0.15, 0.2) is 12.7 Å². The lowest BCUT2D eigenvalue weighted by Gasteiger charge is -2.00. The first-order chi connectivity index (χ1) is 5.41. The van der Waals surface area contributed by atoms with E-state index in [1.807, 2.05) is 17.8 Å². The normalized spacial score (nSPS) is 9.91. The molecule has 0 heterocycles. The van der Waals surface area contributed by atoms with Gasteiger partial charge in [0.05, 0.1) is 0 Å². The minimum Gasteiger partial charge on any atom is -0.396 e. The summed E-state index contributed by atoms with van der Waals surface area (Å²) in [5.74, 6) is 2.18. The molecule has 0 aromatic carbocycles. The van der Waals surface area contributed by atoms with Crippen molar-refractivity contribution in [2.75, 3.05) is 31.2 Å². The maximum absolute atomic E-state index is 8.46. The molecule has 0 amide bonds. The third-order valence-corrected chi connectivity index (χ3v) is 2.23. The van der Waals surface area contributed by atoms with Crippen molar-refractivity contribution >= 4 is 11.8 Å². The van der Waals surface area contributed by atoms with Gasteiger partial charge in [-0.3, -0.25) is 0 Å². The molecule has 0 spiro atoms. The fourth-order valence-electron chi connectivity index (χ4n) is 0.617. The Hall–Kier alpha value is 0.01000. The Morgan fingerprint density at radius 3 is 2.91 bits per heavy atom. The molecule has 0 aromatic rings. The smallest absolute Gasteiger partial charge is 0.0438 e. The molecule has 2 nitrogen and oxygen atoms in total. The largest absolute Gasteiger partial charge is 0.396 e. The highest BCUT2D eigenvalue weighted by molar-refractivity contribution is 7.99. The molecule has 0 radical (unpaired) electrons. The molecule has 0 atom stereocenters. The summed E-state index contributed by atoms with van der Waals surface area (Å²) in [6.07, 6.45) is 2.77. The van der Waals surface area contributed by atoms with Crippen LogP contribution in [0.5, 0.6) is 0 Å². The molecule has 0 aliphatic carbocycles. The Kier molecular flexibility index (Phi) is 10.0. The maximum Gasteiger partial charge on any atom is 0.0438 e. The van der Waals surface area contributed by atoms with Gasteiger partial charge >= 0.3 is 0 Å². The van der Waals surface area contributed by atoms with Crippen LogP contribution in [-0.2, 0) is 0 Å². The van der Waals surface area contributed by atoms with E-state index in [2.05, 4.69) is 11.9 Å². The zero-order valence-electron chi connectivity index (χ0n) is 6.88. The van der Waals surface area contributed by atoms with E-state index >= 15 is 0 Å². The lowest BCUT2D eigenvalue weighted by Crippen LogP contribution is -2.16. The first-order valence-corrected chi connectivity index (χ1v) is 5.07. The van der Waals surface area contributed by atoms with Crippen molar-refractivity contribution in [3.63, 3.8) is 0 Å². The van der Waals surface area contributed by atoms with Gasteiger partial charge in [0.25, 0.3) is 0 Å². The van der Waals surface area contributed by atoms with Crippen molar-refractivity contribution < 1.29 is 5.11 Å². The molecule has 0 aliphatic rings. The van der Waals surface area contributed by atoms with Gasteiger partial charge in [-0.2, -0.15) is 11.8 Å². The fourth-order valence-corrected chi connectivity index (χ4v) is 1.44. The van der Waals surface area contributed by atoms with Gasteiger partial charge in [0, 0.05) is 25.4 Å². The molecule has 0 rings (SSSR count). The third kappa shape index (κ3) is 10.0. The summed E-state index contributed by atoms with van der Waals surface area (Å²) in [6, 6.07) is 0. The van der Waals surface area contributed by atoms with Gasteiger partial charge in [-0.05, 0) is 12.2 Å². The summed E-state index contributed by atoms with van der Waals surface area (Å²) in [4.78, 5) is 0. The van der Waals surface area contributed by atoms with Gasteiger partial charge in [-0.25, -0.2) is 0 Å². The number of hydrogen-bond acceptors (Lipinski definition) is 3. The molecular formula is C8H17NOS. The molecule has 0 saturated carbocycles. The van der Waals surface area contributed by atoms with Crippen molar-refractivity contribution in [2.24, 2.45) is 0 Å². The van der Waals surface area contributed by atoms with Crippen molar-refractivity contribution in [1.29, 1.82) is 0 Å². The summed E-state index contributed by atoms with van der Waals surface area (Å²) in [6.45, 7) is 5.84. The molecule has 66 valence electrons. The van der Waals surface area contributed by atoms with Crippen LogP contribution in [0.2, 0.25) is 0 Å². The number of rotatable bonds is 8. The molecular weight excluding hydrogens is 158 g/mol. The predicted octanol–water partition coefficient (Wildman–Crippen LogP) is 0.878. The van der Waals surface area contributed by atoms with Gasteiger partial charge < -0.3 is 10.4 Å². The van der Waals surface area contributed by atoms with Crippen LogP contribution >= 0.6 is 11.8 Å². The van der Waals surface area contributed by atoms with E-state index in [-0.39, 0.29) is 0 Å². The Bertz CT molecular complexity index is 88.2. The molecule has 0 bridgehead atoms. The molecule has 0 aliphatic heterocycles. The summed E-state index contributed by atoms with van der Waals surface area (Å²) in [5, 5.41) is 11.7. The maximum atomic E-state index is 8.46. The standard InChI is InChI=1S/C8H17NOS/c1-2-4-9-5-8-11-7-3-6-10/h2,9-10H,1,3-8H2. The van der Waals surface area contributed by atoms with Crippen molar-refractivity contribution in [3.05, 3.63) is 12.7 Å². The molecule has 0 unspecified atom stereocenters. The minimum absolute atomic E-state index is 0.313. The van der Waals surface area contributed by atoms with E-state index in [4.69, 9.17) is 5.11 Å². The number of aliphatic hydroxyl groups excluding tert-OH is 1. The quantitative estimate of drug-likeness (QED) is 0.424. The second-order valence-corrected chi connectivity index (χ2v) is 3.41. The predicted molar refractivity (Wildman–Crippen MR) is 52.1 cm³/mol. The van der Waals surface area contributed by atoms with Crippen LogP contribution in [0.3, 0.4) is 0 Å². The van der Waals surface area contributed by atoms with E-state index in [1.165, 1.54) is 0 Å². The van der Waals surface area contributed by atoms with E-state index < -0.39 is 0 Å². The Morgan fingerprint density at radius 1 is 1.45 bits per heavy atom. The SMILES string of the molecule is C=CCNCCSCCCO. The summed E-state index contributed by atoms with van der Waals surface area (Å²) in [5.41, 5.74) is 0. The van der Waals surface area contributed by atoms with Crippen LogP contribution in [0, 0.1) is 0 Å². The zero-order chi connectivity index (χ0) is 8.36. The van der Waals surface area contributed by atoms with E-state index in [9.17, 15) is 0 Å². The average Bonchev–Trinajstić information content (AvgIpc) is 2.03. The molecule has 0 aromatic heterocycles. The van der Waals surface area contributed by atoms with E-state index in [1.54, 1.807) is 0 Å². The van der Waals surface area contributed by atoms with Gasteiger partial charge in [0.1, 0.15) is 0 Å². The topological polar surface area (TPSA) is 32.3 Å². The number of hydrogen-bond donors (Lipinski definition) is 2. The number of thioether (sulfide) groups is 1. The highest BCUT2D eigenvalue weighted by Gasteiger charge is 1.87.